The van der Waals surface area contributed by atoms with Crippen LogP contribution in [0.15, 0.2) is 30.3 Å². The third kappa shape index (κ3) is 4.33. The molecule has 1 aromatic carbocycles. The highest BCUT2D eigenvalue weighted by atomic mass is 16.5. The molecule has 1 fully saturated rings. The number of hydrogen-bond acceptors (Lipinski definition) is 3. The molecule has 1 heterocycles. The average Bonchev–Trinajstić information content (AvgIpc) is 2.40. The van der Waals surface area contributed by atoms with Gasteiger partial charge in [-0.3, -0.25) is 4.79 Å². The Labute approximate surface area is 114 Å². The maximum absolute atomic E-state index is 12.0. The van der Waals surface area contributed by atoms with Crippen molar-refractivity contribution in [3.05, 3.63) is 35.9 Å². The van der Waals surface area contributed by atoms with E-state index in [0.717, 1.165) is 18.4 Å². The molecule has 3 N–H and O–H groups in total. The van der Waals surface area contributed by atoms with E-state index in [-0.39, 0.29) is 18.1 Å². The van der Waals surface area contributed by atoms with E-state index < -0.39 is 6.04 Å². The van der Waals surface area contributed by atoms with Crippen LogP contribution in [0.3, 0.4) is 0 Å². The summed E-state index contributed by atoms with van der Waals surface area (Å²) < 4.78 is 5.46. The zero-order valence-electron chi connectivity index (χ0n) is 11.3. The molecular formula is C15H22N2O2. The van der Waals surface area contributed by atoms with Crippen LogP contribution in [0.25, 0.3) is 0 Å². The minimum absolute atomic E-state index is 0.0667. The first-order valence-corrected chi connectivity index (χ1v) is 6.86. The molecule has 3 unspecified atom stereocenters. The van der Waals surface area contributed by atoms with Gasteiger partial charge in [-0.15, -0.1) is 0 Å². The maximum atomic E-state index is 12.0. The molecule has 1 aromatic rings. The molecule has 104 valence electrons. The lowest BCUT2D eigenvalue weighted by atomic mass is 10.0. The first kappa shape index (κ1) is 14.0. The van der Waals surface area contributed by atoms with E-state index in [2.05, 4.69) is 5.32 Å². The summed E-state index contributed by atoms with van der Waals surface area (Å²) in [6, 6.07) is 9.56. The molecule has 0 spiro atoms. The monoisotopic (exact) mass is 262 g/mol. The van der Waals surface area contributed by atoms with E-state index in [1.807, 2.05) is 37.3 Å². The van der Waals surface area contributed by atoms with Gasteiger partial charge < -0.3 is 15.8 Å². The van der Waals surface area contributed by atoms with Gasteiger partial charge in [-0.05, 0) is 31.7 Å². The van der Waals surface area contributed by atoms with Crippen molar-refractivity contribution < 1.29 is 9.53 Å². The molecular weight excluding hydrogens is 240 g/mol. The second-order valence-electron chi connectivity index (χ2n) is 5.21. The Balaban J connectivity index is 1.82. The predicted molar refractivity (Wildman–Crippen MR) is 74.7 cm³/mol. The number of amides is 1. The number of ether oxygens (including phenoxy) is 1. The number of rotatable bonds is 4. The largest absolute Gasteiger partial charge is 0.378 e. The topological polar surface area (TPSA) is 64.4 Å². The highest BCUT2D eigenvalue weighted by Gasteiger charge is 2.23. The number of benzene rings is 1. The number of carbonyl (C=O) groups is 1. The highest BCUT2D eigenvalue weighted by molar-refractivity contribution is 5.82. The van der Waals surface area contributed by atoms with E-state index in [4.69, 9.17) is 10.5 Å². The zero-order chi connectivity index (χ0) is 13.7. The van der Waals surface area contributed by atoms with Gasteiger partial charge in [-0.2, -0.15) is 0 Å². The van der Waals surface area contributed by atoms with Crippen molar-refractivity contribution in [3.8, 4) is 0 Å². The molecule has 0 bridgehead atoms. The zero-order valence-corrected chi connectivity index (χ0v) is 11.3. The van der Waals surface area contributed by atoms with Crippen LogP contribution in [0.1, 0.15) is 25.3 Å². The Kier molecular flexibility index (Phi) is 4.93. The SMILES string of the molecule is CC1CC(NC(=O)C(N)Cc2ccccc2)CCO1. The van der Waals surface area contributed by atoms with E-state index in [1.54, 1.807) is 0 Å². The number of carbonyl (C=O) groups excluding carboxylic acids is 1. The van der Waals surface area contributed by atoms with Crippen molar-refractivity contribution in [2.24, 2.45) is 5.73 Å². The fourth-order valence-electron chi connectivity index (χ4n) is 2.40. The molecule has 2 rings (SSSR count). The molecule has 19 heavy (non-hydrogen) atoms. The minimum atomic E-state index is -0.486. The van der Waals surface area contributed by atoms with Gasteiger partial charge in [-0.25, -0.2) is 0 Å². The summed E-state index contributed by atoms with van der Waals surface area (Å²) in [7, 11) is 0. The van der Waals surface area contributed by atoms with Crippen LogP contribution in [0.2, 0.25) is 0 Å². The Hall–Kier alpha value is -1.39. The van der Waals surface area contributed by atoms with Gasteiger partial charge >= 0.3 is 0 Å². The standard InChI is InChI=1S/C15H22N2O2/c1-11-9-13(7-8-19-11)17-15(18)14(16)10-12-5-3-2-4-6-12/h2-6,11,13-14H,7-10,16H2,1H3,(H,17,18). The summed E-state index contributed by atoms with van der Waals surface area (Å²) in [5.41, 5.74) is 7.05. The lowest BCUT2D eigenvalue weighted by molar-refractivity contribution is -0.124. The van der Waals surface area contributed by atoms with E-state index >= 15 is 0 Å². The smallest absolute Gasteiger partial charge is 0.237 e. The predicted octanol–water partition coefficient (Wildman–Crippen LogP) is 1.24. The van der Waals surface area contributed by atoms with Gasteiger partial charge in [0, 0.05) is 12.6 Å². The van der Waals surface area contributed by atoms with Gasteiger partial charge in [0.1, 0.15) is 0 Å². The van der Waals surface area contributed by atoms with Crippen LogP contribution in [-0.4, -0.2) is 30.7 Å². The van der Waals surface area contributed by atoms with Crippen molar-refractivity contribution in [1.82, 2.24) is 5.32 Å². The van der Waals surface area contributed by atoms with Crippen LogP contribution in [0.4, 0.5) is 0 Å². The van der Waals surface area contributed by atoms with Gasteiger partial charge in [0.05, 0.1) is 12.1 Å². The molecule has 0 aliphatic carbocycles. The van der Waals surface area contributed by atoms with Gasteiger partial charge in [-0.1, -0.05) is 30.3 Å². The number of hydrogen-bond donors (Lipinski definition) is 2. The molecule has 4 nitrogen and oxygen atoms in total. The minimum Gasteiger partial charge on any atom is -0.378 e. The van der Waals surface area contributed by atoms with Crippen molar-refractivity contribution in [1.29, 1.82) is 0 Å². The number of nitrogens with one attached hydrogen (secondary N) is 1. The van der Waals surface area contributed by atoms with Crippen LogP contribution in [0, 0.1) is 0 Å². The molecule has 1 amide bonds. The fourth-order valence-corrected chi connectivity index (χ4v) is 2.40. The summed E-state index contributed by atoms with van der Waals surface area (Å²) in [4.78, 5) is 12.0. The first-order valence-electron chi connectivity index (χ1n) is 6.86. The van der Waals surface area contributed by atoms with Gasteiger partial charge in [0.2, 0.25) is 5.91 Å². The number of nitrogens with two attached hydrogens (primary N) is 1. The fraction of sp³-hybridized carbons (Fsp3) is 0.533. The lowest BCUT2D eigenvalue weighted by Crippen LogP contribution is -2.48. The average molecular weight is 262 g/mol. The normalized spacial score (nSPS) is 24.7. The Morgan fingerprint density at radius 3 is 2.89 bits per heavy atom. The Morgan fingerprint density at radius 2 is 2.21 bits per heavy atom. The van der Waals surface area contributed by atoms with Crippen molar-refractivity contribution >= 4 is 5.91 Å². The van der Waals surface area contributed by atoms with Gasteiger partial charge in [0.25, 0.3) is 0 Å². The van der Waals surface area contributed by atoms with Crippen molar-refractivity contribution in [2.75, 3.05) is 6.61 Å². The summed E-state index contributed by atoms with van der Waals surface area (Å²) >= 11 is 0. The van der Waals surface area contributed by atoms with E-state index in [9.17, 15) is 4.79 Å². The third-order valence-electron chi connectivity index (χ3n) is 3.47. The van der Waals surface area contributed by atoms with E-state index in [0.29, 0.717) is 13.0 Å². The molecule has 0 aromatic heterocycles. The van der Waals surface area contributed by atoms with E-state index in [1.165, 1.54) is 0 Å². The first-order chi connectivity index (χ1) is 9.15. The molecule has 1 aliphatic rings. The summed E-state index contributed by atoms with van der Waals surface area (Å²) in [5, 5.41) is 3.03. The highest BCUT2D eigenvalue weighted by Crippen LogP contribution is 2.13. The quantitative estimate of drug-likeness (QED) is 0.858. The van der Waals surface area contributed by atoms with Crippen LogP contribution < -0.4 is 11.1 Å². The molecule has 0 saturated carbocycles. The third-order valence-corrected chi connectivity index (χ3v) is 3.47. The Morgan fingerprint density at radius 1 is 1.47 bits per heavy atom. The second kappa shape index (κ2) is 6.68. The second-order valence-corrected chi connectivity index (χ2v) is 5.21. The molecule has 0 radical (unpaired) electrons. The summed E-state index contributed by atoms with van der Waals surface area (Å²) in [6.45, 7) is 2.74. The Bertz CT molecular complexity index is 408. The summed E-state index contributed by atoms with van der Waals surface area (Å²) in [6.07, 6.45) is 2.52. The van der Waals surface area contributed by atoms with Crippen molar-refractivity contribution in [3.63, 3.8) is 0 Å². The van der Waals surface area contributed by atoms with Crippen LogP contribution >= 0.6 is 0 Å². The summed E-state index contributed by atoms with van der Waals surface area (Å²) in [5.74, 6) is -0.0667. The van der Waals surface area contributed by atoms with Crippen LogP contribution in [-0.2, 0) is 16.0 Å². The molecule has 1 aliphatic heterocycles. The molecule has 3 atom stereocenters. The molecule has 1 saturated heterocycles. The van der Waals surface area contributed by atoms with Crippen molar-refractivity contribution in [2.45, 2.75) is 44.4 Å². The van der Waals surface area contributed by atoms with Gasteiger partial charge in [0.15, 0.2) is 0 Å². The maximum Gasteiger partial charge on any atom is 0.237 e. The lowest BCUT2D eigenvalue weighted by Gasteiger charge is -2.28. The molecule has 4 heteroatoms. The van der Waals surface area contributed by atoms with Crippen LogP contribution in [0.5, 0.6) is 0 Å².